The number of fused-ring (bicyclic) bond motifs is 1. The second-order valence-corrected chi connectivity index (χ2v) is 12.0. The first-order valence-corrected chi connectivity index (χ1v) is 14.7. The van der Waals surface area contributed by atoms with Gasteiger partial charge in [0.1, 0.15) is 5.82 Å². The molecule has 0 saturated carbocycles. The Hall–Kier alpha value is -4.23. The molecule has 7 heteroatoms. The van der Waals surface area contributed by atoms with E-state index in [1.807, 2.05) is 38.8 Å². The summed E-state index contributed by atoms with van der Waals surface area (Å²) in [6.45, 7) is 0. The largest absolute Gasteiger partial charge is 0.378 e. The van der Waals surface area contributed by atoms with Crippen LogP contribution in [-0.4, -0.2) is 32.8 Å². The van der Waals surface area contributed by atoms with Crippen LogP contribution in [0.3, 0.4) is 0 Å². The van der Waals surface area contributed by atoms with E-state index in [0.29, 0.717) is 9.33 Å². The van der Waals surface area contributed by atoms with Gasteiger partial charge < -0.3 is 9.80 Å². The fraction of sp³-hybridized carbons (Fsp3) is 0.235. The van der Waals surface area contributed by atoms with E-state index in [1.54, 1.807) is 12.1 Å². The first kappa shape index (κ1) is 27.0. The molecule has 1 aliphatic carbocycles. The van der Waals surface area contributed by atoms with Crippen molar-refractivity contribution in [3.05, 3.63) is 132 Å². The highest BCUT2D eigenvalue weighted by molar-refractivity contribution is 7.07. The third kappa shape index (κ3) is 5.30. The van der Waals surface area contributed by atoms with Crippen LogP contribution >= 0.6 is 11.3 Å². The van der Waals surface area contributed by atoms with Crippen molar-refractivity contribution in [2.75, 3.05) is 38.0 Å². The van der Waals surface area contributed by atoms with E-state index >= 15 is 0 Å². The van der Waals surface area contributed by atoms with Gasteiger partial charge >= 0.3 is 0 Å². The van der Waals surface area contributed by atoms with Gasteiger partial charge in [0.25, 0.3) is 5.56 Å². The Morgan fingerprint density at radius 2 is 1.41 bits per heavy atom. The molecular weight excluding hydrogens is 531 g/mol. The van der Waals surface area contributed by atoms with Crippen molar-refractivity contribution >= 4 is 34.9 Å². The van der Waals surface area contributed by atoms with Gasteiger partial charge in [-0.1, -0.05) is 47.7 Å². The first-order valence-electron chi connectivity index (χ1n) is 13.8. The number of hydrogen-bond acceptors (Lipinski definition) is 5. The normalized spacial score (nSPS) is 17.7. The van der Waals surface area contributed by atoms with Crippen LogP contribution in [0.2, 0.25) is 0 Å². The number of halogens is 1. The molecule has 0 spiro atoms. The summed E-state index contributed by atoms with van der Waals surface area (Å²) in [4.78, 5) is 23.9. The molecule has 0 amide bonds. The third-order valence-corrected chi connectivity index (χ3v) is 8.76. The fourth-order valence-corrected chi connectivity index (χ4v) is 6.59. The number of nitrogens with zero attached hydrogens (tertiary/aromatic N) is 4. The van der Waals surface area contributed by atoms with Crippen molar-refractivity contribution < 1.29 is 4.39 Å². The Labute approximate surface area is 243 Å². The average molecular weight is 565 g/mol. The molecule has 0 fully saturated rings. The summed E-state index contributed by atoms with van der Waals surface area (Å²) in [7, 11) is 8.13. The smallest absolute Gasteiger partial charge is 0.271 e. The lowest BCUT2D eigenvalue weighted by molar-refractivity contribution is 0.553. The second kappa shape index (κ2) is 11.0. The topological polar surface area (TPSA) is 40.8 Å². The summed E-state index contributed by atoms with van der Waals surface area (Å²) in [6, 6.07) is 23.0. The van der Waals surface area contributed by atoms with Crippen LogP contribution in [0.1, 0.15) is 42.0 Å². The molecule has 4 aromatic rings. The van der Waals surface area contributed by atoms with Gasteiger partial charge in [-0.2, -0.15) is 0 Å². The van der Waals surface area contributed by atoms with E-state index in [4.69, 9.17) is 4.99 Å². The Balaban J connectivity index is 1.53. The first-order chi connectivity index (χ1) is 19.8. The highest BCUT2D eigenvalue weighted by atomic mass is 32.1. The van der Waals surface area contributed by atoms with Gasteiger partial charge in [-0.25, -0.2) is 9.38 Å². The van der Waals surface area contributed by atoms with E-state index in [2.05, 4.69) is 64.4 Å². The molecule has 0 radical (unpaired) electrons. The molecule has 208 valence electrons. The number of hydrogen-bond donors (Lipinski definition) is 0. The minimum absolute atomic E-state index is 0.0679. The minimum Gasteiger partial charge on any atom is -0.378 e. The van der Waals surface area contributed by atoms with Crippen molar-refractivity contribution in [1.82, 2.24) is 4.57 Å². The zero-order valence-corrected chi connectivity index (χ0v) is 24.6. The van der Waals surface area contributed by atoms with Crippen LogP contribution in [0.4, 0.5) is 15.8 Å². The molecule has 1 atom stereocenters. The van der Waals surface area contributed by atoms with Gasteiger partial charge in [-0.05, 0) is 95.6 Å². The Morgan fingerprint density at radius 1 is 0.829 bits per heavy atom. The number of allylic oxidation sites excluding steroid dienone is 2. The van der Waals surface area contributed by atoms with Crippen molar-refractivity contribution in [1.29, 1.82) is 0 Å². The summed E-state index contributed by atoms with van der Waals surface area (Å²) in [5, 5.41) is 0. The standard InChI is InChI=1S/C34H33FN4OS/c1-37(2)27-16-10-22(11-17-27)20-25-6-5-7-29-31(25)36-34-39(32(29)24-12-18-28(19-13-24)38(3)4)33(40)30(41-34)21-23-8-14-26(35)15-9-23/h8-21,32H,5-7H2,1-4H3/b25-20-,30-21+. The van der Waals surface area contributed by atoms with Crippen molar-refractivity contribution in [3.8, 4) is 0 Å². The van der Waals surface area contributed by atoms with Gasteiger partial charge in [0.05, 0.1) is 16.3 Å². The summed E-state index contributed by atoms with van der Waals surface area (Å²) in [5.74, 6) is -0.298. The summed E-state index contributed by atoms with van der Waals surface area (Å²) >= 11 is 1.40. The van der Waals surface area contributed by atoms with Crippen LogP contribution in [0.15, 0.2) is 99.4 Å². The highest BCUT2D eigenvalue weighted by Crippen LogP contribution is 2.41. The molecule has 0 saturated heterocycles. The molecular formula is C34H33FN4OS. The Morgan fingerprint density at radius 3 is 2.05 bits per heavy atom. The molecule has 1 aliphatic heterocycles. The van der Waals surface area contributed by atoms with Crippen molar-refractivity contribution in [2.24, 2.45) is 4.99 Å². The number of aromatic nitrogens is 1. The van der Waals surface area contributed by atoms with E-state index in [0.717, 1.165) is 53.0 Å². The Kier molecular flexibility index (Phi) is 7.22. The van der Waals surface area contributed by atoms with E-state index in [-0.39, 0.29) is 17.4 Å². The highest BCUT2D eigenvalue weighted by Gasteiger charge is 2.32. The lowest BCUT2D eigenvalue weighted by Gasteiger charge is -2.31. The van der Waals surface area contributed by atoms with Gasteiger partial charge in [0.15, 0.2) is 4.80 Å². The van der Waals surface area contributed by atoms with Gasteiger partial charge in [-0.3, -0.25) is 9.36 Å². The molecule has 0 N–H and O–H groups in total. The monoisotopic (exact) mass is 564 g/mol. The molecule has 2 heterocycles. The molecule has 5 nitrogen and oxygen atoms in total. The number of benzene rings is 3. The maximum Gasteiger partial charge on any atom is 0.271 e. The van der Waals surface area contributed by atoms with E-state index < -0.39 is 0 Å². The van der Waals surface area contributed by atoms with Crippen LogP contribution in [0.25, 0.3) is 12.2 Å². The predicted octanol–water partition coefficient (Wildman–Crippen LogP) is 5.75. The van der Waals surface area contributed by atoms with Crippen LogP contribution in [0.5, 0.6) is 0 Å². The second-order valence-electron chi connectivity index (χ2n) is 11.0. The molecule has 0 bridgehead atoms. The van der Waals surface area contributed by atoms with Crippen molar-refractivity contribution in [3.63, 3.8) is 0 Å². The molecule has 1 unspecified atom stereocenters. The molecule has 1 aromatic heterocycles. The molecule has 6 rings (SSSR count). The number of anilines is 2. The number of rotatable bonds is 5. The molecule has 41 heavy (non-hydrogen) atoms. The van der Waals surface area contributed by atoms with Crippen LogP contribution in [-0.2, 0) is 0 Å². The third-order valence-electron chi connectivity index (χ3n) is 7.78. The molecule has 2 aliphatic rings. The number of thiazole rings is 1. The predicted molar refractivity (Wildman–Crippen MR) is 168 cm³/mol. The average Bonchev–Trinajstić information content (AvgIpc) is 3.28. The minimum atomic E-state index is -0.298. The van der Waals surface area contributed by atoms with E-state index in [1.165, 1.54) is 34.6 Å². The van der Waals surface area contributed by atoms with Gasteiger partial charge in [0.2, 0.25) is 0 Å². The zero-order valence-electron chi connectivity index (χ0n) is 23.8. The lowest BCUT2D eigenvalue weighted by atomic mass is 9.83. The lowest BCUT2D eigenvalue weighted by Crippen LogP contribution is -2.39. The van der Waals surface area contributed by atoms with E-state index in [9.17, 15) is 9.18 Å². The molecule has 3 aromatic carbocycles. The maximum atomic E-state index is 13.9. The van der Waals surface area contributed by atoms with Gasteiger partial charge in [0, 0.05) is 39.6 Å². The summed E-state index contributed by atoms with van der Waals surface area (Å²) < 4.78 is 16.0. The summed E-state index contributed by atoms with van der Waals surface area (Å²) in [6.07, 6.45) is 6.91. The summed E-state index contributed by atoms with van der Waals surface area (Å²) in [5.41, 5.74) is 8.59. The maximum absolute atomic E-state index is 13.9. The quantitative estimate of drug-likeness (QED) is 0.310. The van der Waals surface area contributed by atoms with Crippen LogP contribution in [0, 0.1) is 5.82 Å². The Bertz CT molecular complexity index is 1830. The van der Waals surface area contributed by atoms with Gasteiger partial charge in [-0.15, -0.1) is 0 Å². The van der Waals surface area contributed by atoms with Crippen LogP contribution < -0.4 is 24.7 Å². The zero-order chi connectivity index (χ0) is 28.7. The SMILES string of the molecule is CN(C)c1ccc(/C=C2/CCCC3=C2N=c2s/c(=C/c4ccc(F)cc4)c(=O)n2C3c2ccc(N(C)C)cc2)cc1. The fourth-order valence-electron chi connectivity index (χ4n) is 5.59. The van der Waals surface area contributed by atoms with Crippen molar-refractivity contribution in [2.45, 2.75) is 25.3 Å².